The zero-order valence-electron chi connectivity index (χ0n) is 10.2. The molecule has 0 aliphatic heterocycles. The molecule has 0 spiro atoms. The van der Waals surface area contributed by atoms with Crippen molar-refractivity contribution in [2.24, 2.45) is 5.92 Å². The summed E-state index contributed by atoms with van der Waals surface area (Å²) in [6.45, 7) is 8.80. The second-order valence-corrected chi connectivity index (χ2v) is 4.51. The lowest BCUT2D eigenvalue weighted by molar-refractivity contribution is 0.476. The fourth-order valence-corrected chi connectivity index (χ4v) is 1.76. The smallest absolute Gasteiger partial charge is 0.0205 e. The Labute approximate surface area is 93.9 Å². The Morgan fingerprint density at radius 3 is 2.47 bits per heavy atom. The third kappa shape index (κ3) is 4.98. The molecule has 0 aliphatic rings. The summed E-state index contributed by atoms with van der Waals surface area (Å²) < 4.78 is 0. The van der Waals surface area contributed by atoms with Gasteiger partial charge in [0.15, 0.2) is 0 Å². The van der Waals surface area contributed by atoms with Gasteiger partial charge in [0.05, 0.1) is 0 Å². The highest BCUT2D eigenvalue weighted by Crippen LogP contribution is 2.05. The summed E-state index contributed by atoms with van der Waals surface area (Å²) in [6.07, 6.45) is 2.61. The van der Waals surface area contributed by atoms with Crippen molar-refractivity contribution in [1.29, 1.82) is 0 Å². The highest BCUT2D eigenvalue weighted by atomic mass is 14.8. The summed E-state index contributed by atoms with van der Waals surface area (Å²) in [7, 11) is 0. The lowest BCUT2D eigenvalue weighted by atomic mass is 10.1. The van der Waals surface area contributed by atoms with Gasteiger partial charge in [0.25, 0.3) is 0 Å². The molecule has 0 fully saturated rings. The summed E-state index contributed by atoms with van der Waals surface area (Å²) in [5, 5.41) is 3.51. The van der Waals surface area contributed by atoms with Gasteiger partial charge in [0.2, 0.25) is 0 Å². The number of benzene rings is 1. The van der Waals surface area contributed by atoms with Crippen LogP contribution in [0, 0.1) is 12.8 Å². The van der Waals surface area contributed by atoms with Crippen LogP contribution < -0.4 is 5.32 Å². The van der Waals surface area contributed by atoms with Gasteiger partial charge in [-0.05, 0) is 31.4 Å². The van der Waals surface area contributed by atoms with E-state index in [0.29, 0.717) is 0 Å². The van der Waals surface area contributed by atoms with E-state index in [-0.39, 0.29) is 0 Å². The van der Waals surface area contributed by atoms with E-state index in [0.717, 1.165) is 19.0 Å². The maximum atomic E-state index is 3.51. The van der Waals surface area contributed by atoms with Crippen LogP contribution in [0.4, 0.5) is 0 Å². The second-order valence-electron chi connectivity index (χ2n) is 4.51. The first-order valence-electron chi connectivity index (χ1n) is 5.98. The Kier molecular flexibility index (Phi) is 5.41. The van der Waals surface area contributed by atoms with Gasteiger partial charge in [-0.1, -0.05) is 50.1 Å². The molecule has 1 aromatic carbocycles. The predicted molar refractivity (Wildman–Crippen MR) is 67.0 cm³/mol. The van der Waals surface area contributed by atoms with Crippen LogP contribution in [0.15, 0.2) is 24.3 Å². The second kappa shape index (κ2) is 6.62. The molecule has 1 unspecified atom stereocenters. The van der Waals surface area contributed by atoms with Crippen LogP contribution in [0.25, 0.3) is 0 Å². The Hall–Kier alpha value is -0.820. The Bertz CT molecular complexity index is 263. The normalized spacial score (nSPS) is 12.7. The average molecular weight is 205 g/mol. The highest BCUT2D eigenvalue weighted by molar-refractivity contribution is 5.20. The molecular formula is C14H23N. The van der Waals surface area contributed by atoms with Crippen molar-refractivity contribution in [2.45, 2.75) is 40.2 Å². The standard InChI is InChI=1S/C14H23N/c1-4-5-13(3)10-15-11-14-8-6-12(2)7-9-14/h6-9,13,15H,4-5,10-11H2,1-3H3. The summed E-state index contributed by atoms with van der Waals surface area (Å²) in [4.78, 5) is 0. The zero-order valence-corrected chi connectivity index (χ0v) is 10.2. The highest BCUT2D eigenvalue weighted by Gasteiger charge is 1.99. The van der Waals surface area contributed by atoms with E-state index in [1.807, 2.05) is 0 Å². The van der Waals surface area contributed by atoms with E-state index in [9.17, 15) is 0 Å². The lowest BCUT2D eigenvalue weighted by Gasteiger charge is -2.11. The number of hydrogen-bond acceptors (Lipinski definition) is 1. The van der Waals surface area contributed by atoms with Crippen LogP contribution in [0.3, 0.4) is 0 Å². The molecule has 0 saturated heterocycles. The van der Waals surface area contributed by atoms with Gasteiger partial charge in [0, 0.05) is 6.54 Å². The molecule has 0 aliphatic carbocycles. The Morgan fingerprint density at radius 1 is 1.20 bits per heavy atom. The molecule has 1 heteroatoms. The molecule has 1 aromatic rings. The van der Waals surface area contributed by atoms with Crippen molar-refractivity contribution in [3.63, 3.8) is 0 Å². The summed E-state index contributed by atoms with van der Waals surface area (Å²) in [5.41, 5.74) is 2.71. The predicted octanol–water partition coefficient (Wildman–Crippen LogP) is 3.52. The minimum Gasteiger partial charge on any atom is -0.312 e. The largest absolute Gasteiger partial charge is 0.312 e. The fraction of sp³-hybridized carbons (Fsp3) is 0.571. The van der Waals surface area contributed by atoms with Crippen LogP contribution in [0.2, 0.25) is 0 Å². The summed E-state index contributed by atoms with van der Waals surface area (Å²) >= 11 is 0. The van der Waals surface area contributed by atoms with Gasteiger partial charge < -0.3 is 5.32 Å². The van der Waals surface area contributed by atoms with Crippen molar-refractivity contribution < 1.29 is 0 Å². The molecule has 1 nitrogen and oxygen atoms in total. The van der Waals surface area contributed by atoms with Gasteiger partial charge >= 0.3 is 0 Å². The minimum absolute atomic E-state index is 0.792. The van der Waals surface area contributed by atoms with Crippen molar-refractivity contribution in [3.8, 4) is 0 Å². The lowest BCUT2D eigenvalue weighted by Crippen LogP contribution is -2.20. The first-order chi connectivity index (χ1) is 7.22. The van der Waals surface area contributed by atoms with E-state index < -0.39 is 0 Å². The van der Waals surface area contributed by atoms with Crippen LogP contribution in [0.1, 0.15) is 37.8 Å². The number of aryl methyl sites for hydroxylation is 1. The monoisotopic (exact) mass is 205 g/mol. The van der Waals surface area contributed by atoms with Crippen molar-refractivity contribution in [2.75, 3.05) is 6.54 Å². The van der Waals surface area contributed by atoms with E-state index in [1.54, 1.807) is 0 Å². The zero-order chi connectivity index (χ0) is 11.1. The third-order valence-corrected chi connectivity index (χ3v) is 2.72. The Balaban J connectivity index is 2.22. The van der Waals surface area contributed by atoms with Gasteiger partial charge in [-0.2, -0.15) is 0 Å². The molecular weight excluding hydrogens is 182 g/mol. The maximum Gasteiger partial charge on any atom is 0.0205 e. The number of hydrogen-bond donors (Lipinski definition) is 1. The van der Waals surface area contributed by atoms with Crippen LogP contribution >= 0.6 is 0 Å². The van der Waals surface area contributed by atoms with Crippen molar-refractivity contribution in [1.82, 2.24) is 5.32 Å². The topological polar surface area (TPSA) is 12.0 Å². The van der Waals surface area contributed by atoms with Gasteiger partial charge in [-0.25, -0.2) is 0 Å². The molecule has 0 aromatic heterocycles. The van der Waals surface area contributed by atoms with E-state index in [2.05, 4.69) is 50.4 Å². The molecule has 0 heterocycles. The number of rotatable bonds is 6. The molecule has 0 amide bonds. The summed E-state index contributed by atoms with van der Waals surface area (Å²) in [6, 6.07) is 8.75. The van der Waals surface area contributed by atoms with Crippen molar-refractivity contribution in [3.05, 3.63) is 35.4 Å². The molecule has 0 radical (unpaired) electrons. The fourth-order valence-electron chi connectivity index (χ4n) is 1.76. The molecule has 84 valence electrons. The molecule has 1 atom stereocenters. The van der Waals surface area contributed by atoms with Crippen LogP contribution in [-0.4, -0.2) is 6.54 Å². The third-order valence-electron chi connectivity index (χ3n) is 2.72. The maximum absolute atomic E-state index is 3.51. The molecule has 0 bridgehead atoms. The Morgan fingerprint density at radius 2 is 1.87 bits per heavy atom. The van der Waals surface area contributed by atoms with E-state index in [1.165, 1.54) is 24.0 Å². The van der Waals surface area contributed by atoms with Crippen molar-refractivity contribution >= 4 is 0 Å². The van der Waals surface area contributed by atoms with Gasteiger partial charge in [-0.3, -0.25) is 0 Å². The summed E-state index contributed by atoms with van der Waals surface area (Å²) in [5.74, 6) is 0.792. The minimum atomic E-state index is 0.792. The van der Waals surface area contributed by atoms with Crippen LogP contribution in [-0.2, 0) is 6.54 Å². The first-order valence-corrected chi connectivity index (χ1v) is 5.98. The molecule has 1 N–H and O–H groups in total. The first kappa shape index (κ1) is 12.3. The average Bonchev–Trinajstić information content (AvgIpc) is 2.21. The molecule has 1 rings (SSSR count). The molecule has 0 saturated carbocycles. The van der Waals surface area contributed by atoms with E-state index in [4.69, 9.17) is 0 Å². The van der Waals surface area contributed by atoms with Crippen LogP contribution in [0.5, 0.6) is 0 Å². The van der Waals surface area contributed by atoms with E-state index >= 15 is 0 Å². The SMILES string of the molecule is CCCC(C)CNCc1ccc(C)cc1. The molecule has 15 heavy (non-hydrogen) atoms. The number of nitrogens with one attached hydrogen (secondary N) is 1. The quantitative estimate of drug-likeness (QED) is 0.749. The van der Waals surface area contributed by atoms with Gasteiger partial charge in [-0.15, -0.1) is 0 Å². The van der Waals surface area contributed by atoms with Gasteiger partial charge in [0.1, 0.15) is 0 Å².